The van der Waals surface area contributed by atoms with Crippen molar-refractivity contribution in [2.75, 3.05) is 14.1 Å². The minimum absolute atomic E-state index is 0.109. The molecule has 0 saturated heterocycles. The fraction of sp³-hybridized carbons (Fsp3) is 0.600. The lowest BCUT2D eigenvalue weighted by atomic mass is 10.2. The first-order valence-electron chi connectivity index (χ1n) is 6.83. The molecule has 1 aliphatic carbocycles. The maximum atomic E-state index is 12.2. The van der Waals surface area contributed by atoms with Crippen molar-refractivity contribution in [1.29, 1.82) is 0 Å². The number of rotatable bonds is 4. The third kappa shape index (κ3) is 3.85. The number of carbonyl (C=O) groups excluding carboxylic acids is 1. The van der Waals surface area contributed by atoms with E-state index in [0.717, 1.165) is 12.8 Å². The Balaban J connectivity index is 2.30. The van der Waals surface area contributed by atoms with Gasteiger partial charge < -0.3 is 14.4 Å². The van der Waals surface area contributed by atoms with Crippen LogP contribution in [-0.2, 0) is 0 Å². The largest absolute Gasteiger partial charge is 0.488 e. The van der Waals surface area contributed by atoms with E-state index >= 15 is 0 Å². The van der Waals surface area contributed by atoms with Gasteiger partial charge in [0.2, 0.25) is 5.88 Å². The topological polar surface area (TPSA) is 51.7 Å². The third-order valence-electron chi connectivity index (χ3n) is 2.71. The van der Waals surface area contributed by atoms with Gasteiger partial charge in [-0.15, -0.1) is 0 Å². The predicted octanol–water partition coefficient (Wildman–Crippen LogP) is 2.50. The third-order valence-corrected chi connectivity index (χ3v) is 2.71. The van der Waals surface area contributed by atoms with Crippen molar-refractivity contribution in [3.05, 3.63) is 17.8 Å². The number of aromatic nitrogens is 1. The first kappa shape index (κ1) is 14.6. The number of pyridine rings is 1. The molecule has 0 aliphatic heterocycles. The summed E-state index contributed by atoms with van der Waals surface area (Å²) in [6.45, 7) is 5.82. The van der Waals surface area contributed by atoms with Gasteiger partial charge in [-0.2, -0.15) is 0 Å². The molecule has 1 heterocycles. The first-order chi connectivity index (χ1) is 9.26. The fourth-order valence-corrected chi connectivity index (χ4v) is 1.66. The van der Waals surface area contributed by atoms with Gasteiger partial charge in [0.15, 0.2) is 5.75 Å². The molecular weight excluding hydrogens is 256 g/mol. The van der Waals surface area contributed by atoms with Crippen molar-refractivity contribution in [3.63, 3.8) is 0 Å². The number of hydrogen-bond donors (Lipinski definition) is 0. The SMILES string of the molecule is CN(C)C(=O)c1cc(OC(C)(C)C)ncc1OC1CC1. The average Bonchev–Trinajstić information content (AvgIpc) is 3.12. The number of carbonyl (C=O) groups is 1. The second kappa shape index (κ2) is 5.31. The van der Waals surface area contributed by atoms with E-state index in [1.54, 1.807) is 26.4 Å². The van der Waals surface area contributed by atoms with Gasteiger partial charge in [0.1, 0.15) is 5.60 Å². The van der Waals surface area contributed by atoms with E-state index in [1.807, 2.05) is 20.8 Å². The van der Waals surface area contributed by atoms with Crippen LogP contribution in [-0.4, -0.2) is 41.6 Å². The van der Waals surface area contributed by atoms with Crippen LogP contribution in [0, 0.1) is 0 Å². The second-order valence-corrected chi connectivity index (χ2v) is 6.25. The van der Waals surface area contributed by atoms with E-state index in [2.05, 4.69) is 4.98 Å². The molecule has 1 amide bonds. The molecule has 1 fully saturated rings. The smallest absolute Gasteiger partial charge is 0.257 e. The zero-order chi connectivity index (χ0) is 14.9. The number of hydrogen-bond acceptors (Lipinski definition) is 4. The van der Waals surface area contributed by atoms with Gasteiger partial charge in [-0.1, -0.05) is 0 Å². The molecule has 0 bridgehead atoms. The number of amides is 1. The Morgan fingerprint density at radius 2 is 2.00 bits per heavy atom. The molecule has 0 spiro atoms. The number of nitrogens with zero attached hydrogens (tertiary/aromatic N) is 2. The van der Waals surface area contributed by atoms with Crippen LogP contribution in [0.15, 0.2) is 12.3 Å². The molecule has 0 radical (unpaired) electrons. The van der Waals surface area contributed by atoms with Crippen LogP contribution in [0.1, 0.15) is 44.0 Å². The Bertz CT molecular complexity index is 502. The molecule has 5 nitrogen and oxygen atoms in total. The molecule has 0 unspecified atom stereocenters. The van der Waals surface area contributed by atoms with Crippen LogP contribution in [0.25, 0.3) is 0 Å². The Labute approximate surface area is 119 Å². The van der Waals surface area contributed by atoms with Crippen LogP contribution in [0.3, 0.4) is 0 Å². The van der Waals surface area contributed by atoms with Crippen molar-refractivity contribution in [2.45, 2.75) is 45.3 Å². The minimum atomic E-state index is -0.357. The molecule has 2 rings (SSSR count). The van der Waals surface area contributed by atoms with Crippen LogP contribution in [0.2, 0.25) is 0 Å². The standard InChI is InChI=1S/C15H22N2O3/c1-15(2,3)20-13-8-11(14(18)17(4)5)12(9-16-13)19-10-6-7-10/h8-10H,6-7H2,1-5H3. The highest BCUT2D eigenvalue weighted by Crippen LogP contribution is 2.31. The van der Waals surface area contributed by atoms with E-state index < -0.39 is 0 Å². The van der Waals surface area contributed by atoms with Gasteiger partial charge >= 0.3 is 0 Å². The monoisotopic (exact) mass is 278 g/mol. The maximum Gasteiger partial charge on any atom is 0.257 e. The highest BCUT2D eigenvalue weighted by molar-refractivity contribution is 5.96. The normalized spacial score (nSPS) is 14.8. The van der Waals surface area contributed by atoms with Gasteiger partial charge in [-0.25, -0.2) is 4.98 Å². The maximum absolute atomic E-state index is 12.2. The van der Waals surface area contributed by atoms with Crippen molar-refractivity contribution in [2.24, 2.45) is 0 Å². The molecule has 20 heavy (non-hydrogen) atoms. The summed E-state index contributed by atoms with van der Waals surface area (Å²) in [6, 6.07) is 1.66. The van der Waals surface area contributed by atoms with E-state index in [0.29, 0.717) is 17.2 Å². The molecule has 0 N–H and O–H groups in total. The summed E-state index contributed by atoms with van der Waals surface area (Å²) < 4.78 is 11.5. The summed E-state index contributed by atoms with van der Waals surface area (Å²) in [7, 11) is 3.43. The van der Waals surface area contributed by atoms with Crippen LogP contribution in [0.5, 0.6) is 11.6 Å². The summed E-state index contributed by atoms with van der Waals surface area (Å²) in [5.74, 6) is 0.861. The molecule has 0 aromatic carbocycles. The van der Waals surface area contributed by atoms with Crippen molar-refractivity contribution >= 4 is 5.91 Å². The quantitative estimate of drug-likeness (QED) is 0.849. The molecule has 1 aromatic heterocycles. The lowest BCUT2D eigenvalue weighted by molar-refractivity contribution is 0.0818. The average molecular weight is 278 g/mol. The molecule has 5 heteroatoms. The molecule has 1 saturated carbocycles. The van der Waals surface area contributed by atoms with Gasteiger partial charge in [0.25, 0.3) is 5.91 Å². The summed E-state index contributed by atoms with van der Waals surface area (Å²) in [4.78, 5) is 18.0. The molecule has 1 aromatic rings. The lowest BCUT2D eigenvalue weighted by Crippen LogP contribution is -2.25. The van der Waals surface area contributed by atoms with Gasteiger partial charge in [-0.05, 0) is 33.6 Å². The van der Waals surface area contributed by atoms with Crippen molar-refractivity contribution in [3.8, 4) is 11.6 Å². The van der Waals surface area contributed by atoms with Gasteiger partial charge in [0.05, 0.1) is 17.9 Å². The second-order valence-electron chi connectivity index (χ2n) is 6.25. The van der Waals surface area contributed by atoms with Crippen molar-refractivity contribution < 1.29 is 14.3 Å². The fourth-order valence-electron chi connectivity index (χ4n) is 1.66. The Kier molecular flexibility index (Phi) is 3.88. The Morgan fingerprint density at radius 1 is 1.35 bits per heavy atom. The summed E-state index contributed by atoms with van der Waals surface area (Å²) >= 11 is 0. The summed E-state index contributed by atoms with van der Waals surface area (Å²) in [5, 5.41) is 0. The number of ether oxygens (including phenoxy) is 2. The Morgan fingerprint density at radius 3 is 2.50 bits per heavy atom. The van der Waals surface area contributed by atoms with E-state index in [4.69, 9.17) is 9.47 Å². The molecular formula is C15H22N2O3. The molecule has 1 aliphatic rings. The van der Waals surface area contributed by atoms with Crippen LogP contribution >= 0.6 is 0 Å². The highest BCUT2D eigenvalue weighted by atomic mass is 16.5. The first-order valence-corrected chi connectivity index (χ1v) is 6.83. The zero-order valence-corrected chi connectivity index (χ0v) is 12.8. The summed E-state index contributed by atoms with van der Waals surface area (Å²) in [6.07, 6.45) is 3.88. The summed E-state index contributed by atoms with van der Waals surface area (Å²) in [5.41, 5.74) is 0.140. The predicted molar refractivity (Wildman–Crippen MR) is 76.3 cm³/mol. The van der Waals surface area contributed by atoms with Gasteiger partial charge in [0, 0.05) is 20.2 Å². The van der Waals surface area contributed by atoms with Crippen molar-refractivity contribution in [1.82, 2.24) is 9.88 Å². The molecule has 0 atom stereocenters. The van der Waals surface area contributed by atoms with Gasteiger partial charge in [-0.3, -0.25) is 4.79 Å². The highest BCUT2D eigenvalue weighted by Gasteiger charge is 2.27. The van der Waals surface area contributed by atoms with E-state index in [1.165, 1.54) is 4.90 Å². The van der Waals surface area contributed by atoms with Crippen LogP contribution < -0.4 is 9.47 Å². The van der Waals surface area contributed by atoms with E-state index in [9.17, 15) is 4.79 Å². The van der Waals surface area contributed by atoms with Crippen LogP contribution in [0.4, 0.5) is 0 Å². The van der Waals surface area contributed by atoms with E-state index in [-0.39, 0.29) is 17.6 Å². The molecule has 110 valence electrons. The zero-order valence-electron chi connectivity index (χ0n) is 12.8. The minimum Gasteiger partial charge on any atom is -0.488 e. The lowest BCUT2D eigenvalue weighted by Gasteiger charge is -2.21. The Hall–Kier alpha value is -1.78.